The molecule has 0 aliphatic rings. The zero-order chi connectivity index (χ0) is 21.7. The first-order chi connectivity index (χ1) is 14.5. The average Bonchev–Trinajstić information content (AvgIpc) is 3.18. The molecule has 3 rings (SSSR count). The van der Waals surface area contributed by atoms with Crippen LogP contribution in [0.4, 0.5) is 0 Å². The van der Waals surface area contributed by atoms with E-state index in [0.29, 0.717) is 17.0 Å². The summed E-state index contributed by atoms with van der Waals surface area (Å²) in [7, 11) is 2.48. The number of ether oxygens (including phenoxy) is 3. The third kappa shape index (κ3) is 4.13. The Hall–Kier alpha value is -3.39. The molecule has 8 heteroatoms. The molecule has 2 aromatic carbocycles. The number of benzene rings is 2. The Morgan fingerprint density at radius 2 is 1.80 bits per heavy atom. The maximum absolute atomic E-state index is 12.8. The molecule has 0 spiro atoms. The minimum atomic E-state index is -0.721. The van der Waals surface area contributed by atoms with E-state index in [1.807, 2.05) is 6.07 Å². The van der Waals surface area contributed by atoms with Crippen LogP contribution in [0.15, 0.2) is 65.7 Å². The number of carbonyl (C=O) groups excluding carboxylic acids is 2. The van der Waals surface area contributed by atoms with Crippen LogP contribution in [0.3, 0.4) is 0 Å². The maximum Gasteiger partial charge on any atom is 0.357 e. The summed E-state index contributed by atoms with van der Waals surface area (Å²) >= 11 is 3.44. The van der Waals surface area contributed by atoms with E-state index in [4.69, 9.17) is 14.2 Å². The van der Waals surface area contributed by atoms with E-state index in [0.717, 1.165) is 4.47 Å². The van der Waals surface area contributed by atoms with E-state index < -0.39 is 11.9 Å². The molecule has 0 amide bonds. The number of halogens is 1. The van der Waals surface area contributed by atoms with Crippen LogP contribution in [0.2, 0.25) is 0 Å². The van der Waals surface area contributed by atoms with E-state index in [9.17, 15) is 9.59 Å². The van der Waals surface area contributed by atoms with E-state index in [1.165, 1.54) is 18.9 Å². The third-order valence-corrected chi connectivity index (χ3v) is 4.70. The summed E-state index contributed by atoms with van der Waals surface area (Å²) < 4.78 is 17.8. The van der Waals surface area contributed by atoms with Crippen molar-refractivity contribution >= 4 is 27.9 Å². The first-order valence-corrected chi connectivity index (χ1v) is 9.69. The number of aromatic nitrogens is 2. The molecule has 0 fully saturated rings. The van der Waals surface area contributed by atoms with Gasteiger partial charge in [-0.15, -0.1) is 0 Å². The van der Waals surface area contributed by atoms with E-state index >= 15 is 0 Å². The van der Waals surface area contributed by atoms with Crippen molar-refractivity contribution in [3.8, 4) is 22.7 Å². The fraction of sp³-hybridized carbons (Fsp3) is 0.136. The van der Waals surface area contributed by atoms with Crippen molar-refractivity contribution in [1.29, 1.82) is 0 Å². The minimum absolute atomic E-state index is 0.0187. The number of methoxy groups -OCH3 is 2. The lowest BCUT2D eigenvalue weighted by molar-refractivity contribution is 0.0549. The summed E-state index contributed by atoms with van der Waals surface area (Å²) in [6.07, 6.45) is 1.61. The SMILES string of the molecule is C=CCOc1ccc(Br)cc1-c1nn(-c2ccccc2)c(C(=O)OC)c1C(=O)OC. The Balaban J connectivity index is 2.37. The standard InChI is InChI=1S/C22H19BrN2O5/c1-4-12-30-17-11-10-14(23)13-16(17)19-18(21(26)28-2)20(22(27)29-3)25(24-19)15-8-6-5-7-9-15/h4-11,13H,1,12H2,2-3H3. The van der Waals surface area contributed by atoms with Crippen LogP contribution in [-0.2, 0) is 9.47 Å². The Morgan fingerprint density at radius 1 is 1.10 bits per heavy atom. The molecule has 0 N–H and O–H groups in total. The highest BCUT2D eigenvalue weighted by molar-refractivity contribution is 9.10. The van der Waals surface area contributed by atoms with Gasteiger partial charge in [-0.3, -0.25) is 0 Å². The molecule has 3 aromatic rings. The van der Waals surface area contributed by atoms with Crippen LogP contribution < -0.4 is 4.74 Å². The Bertz CT molecular complexity index is 1090. The van der Waals surface area contributed by atoms with Gasteiger partial charge in [0.15, 0.2) is 5.69 Å². The highest BCUT2D eigenvalue weighted by atomic mass is 79.9. The first kappa shape index (κ1) is 21.3. The quantitative estimate of drug-likeness (QED) is 0.375. The van der Waals surface area contributed by atoms with Gasteiger partial charge in [0.1, 0.15) is 23.6 Å². The van der Waals surface area contributed by atoms with Crippen molar-refractivity contribution < 1.29 is 23.8 Å². The molecule has 1 aromatic heterocycles. The van der Waals surface area contributed by atoms with Gasteiger partial charge in [0, 0.05) is 10.0 Å². The lowest BCUT2D eigenvalue weighted by Gasteiger charge is -2.10. The van der Waals surface area contributed by atoms with Gasteiger partial charge in [-0.1, -0.05) is 46.8 Å². The van der Waals surface area contributed by atoms with Crippen molar-refractivity contribution in [2.45, 2.75) is 0 Å². The number of esters is 2. The van der Waals surface area contributed by atoms with Gasteiger partial charge in [-0.05, 0) is 30.3 Å². The van der Waals surface area contributed by atoms with Crippen molar-refractivity contribution in [3.63, 3.8) is 0 Å². The second-order valence-corrected chi connectivity index (χ2v) is 6.96. The van der Waals surface area contributed by atoms with Crippen LogP contribution in [-0.4, -0.2) is 42.5 Å². The third-order valence-electron chi connectivity index (χ3n) is 4.21. The average molecular weight is 471 g/mol. The van der Waals surface area contributed by atoms with Gasteiger partial charge in [-0.2, -0.15) is 5.10 Å². The summed E-state index contributed by atoms with van der Waals surface area (Å²) in [5, 5.41) is 4.59. The Kier molecular flexibility index (Phi) is 6.68. The maximum atomic E-state index is 12.8. The number of rotatable bonds is 7. The lowest BCUT2D eigenvalue weighted by Crippen LogP contribution is -2.15. The van der Waals surface area contributed by atoms with Crippen molar-refractivity contribution in [2.24, 2.45) is 0 Å². The van der Waals surface area contributed by atoms with Crippen molar-refractivity contribution in [1.82, 2.24) is 9.78 Å². The molecule has 0 radical (unpaired) electrons. The molecule has 1 heterocycles. The van der Waals surface area contributed by atoms with Crippen molar-refractivity contribution in [2.75, 3.05) is 20.8 Å². The number of para-hydroxylation sites is 1. The molecule has 0 aliphatic heterocycles. The zero-order valence-corrected chi connectivity index (χ0v) is 18.0. The number of carbonyl (C=O) groups is 2. The molecule has 154 valence electrons. The second kappa shape index (κ2) is 9.41. The molecule has 0 saturated heterocycles. The predicted octanol–water partition coefficient (Wildman–Crippen LogP) is 4.44. The molecule has 0 aliphatic carbocycles. The number of hydrogen-bond donors (Lipinski definition) is 0. The van der Waals surface area contributed by atoms with Crippen LogP contribution in [0.25, 0.3) is 16.9 Å². The van der Waals surface area contributed by atoms with Gasteiger partial charge in [0.05, 0.1) is 19.9 Å². The molecule has 0 saturated carbocycles. The second-order valence-electron chi connectivity index (χ2n) is 6.04. The fourth-order valence-corrected chi connectivity index (χ4v) is 3.27. The molecular weight excluding hydrogens is 452 g/mol. The van der Waals surface area contributed by atoms with Gasteiger partial charge >= 0.3 is 11.9 Å². The van der Waals surface area contributed by atoms with Gasteiger partial charge in [0.2, 0.25) is 0 Å². The molecular formula is C22H19BrN2O5. The number of hydrogen-bond acceptors (Lipinski definition) is 6. The van der Waals surface area contributed by atoms with Gasteiger partial charge < -0.3 is 14.2 Å². The summed E-state index contributed by atoms with van der Waals surface area (Å²) in [5.74, 6) is -0.971. The highest BCUT2D eigenvalue weighted by Gasteiger charge is 2.32. The van der Waals surface area contributed by atoms with Crippen LogP contribution >= 0.6 is 15.9 Å². The lowest BCUT2D eigenvalue weighted by atomic mass is 10.0. The first-order valence-electron chi connectivity index (χ1n) is 8.90. The predicted molar refractivity (Wildman–Crippen MR) is 115 cm³/mol. The monoisotopic (exact) mass is 470 g/mol. The normalized spacial score (nSPS) is 10.4. The molecule has 0 unspecified atom stereocenters. The molecule has 30 heavy (non-hydrogen) atoms. The Morgan fingerprint density at radius 3 is 2.43 bits per heavy atom. The molecule has 0 atom stereocenters. The van der Waals surface area contributed by atoms with E-state index in [1.54, 1.807) is 48.5 Å². The van der Waals surface area contributed by atoms with Crippen LogP contribution in [0, 0.1) is 0 Å². The fourth-order valence-electron chi connectivity index (χ4n) is 2.91. The highest BCUT2D eigenvalue weighted by Crippen LogP contribution is 2.36. The van der Waals surface area contributed by atoms with E-state index in [-0.39, 0.29) is 23.6 Å². The summed E-state index contributed by atoms with van der Waals surface area (Å²) in [6.45, 7) is 3.91. The minimum Gasteiger partial charge on any atom is -0.489 e. The van der Waals surface area contributed by atoms with E-state index in [2.05, 4.69) is 27.6 Å². The van der Waals surface area contributed by atoms with Crippen molar-refractivity contribution in [3.05, 3.63) is 76.9 Å². The molecule has 0 bridgehead atoms. The summed E-state index contributed by atoms with van der Waals surface area (Å²) in [4.78, 5) is 25.4. The molecule has 7 nitrogen and oxygen atoms in total. The van der Waals surface area contributed by atoms with Crippen LogP contribution in [0.5, 0.6) is 5.75 Å². The largest absolute Gasteiger partial charge is 0.489 e. The number of nitrogens with zero attached hydrogens (tertiary/aromatic N) is 2. The smallest absolute Gasteiger partial charge is 0.357 e. The van der Waals surface area contributed by atoms with Gasteiger partial charge in [0.25, 0.3) is 0 Å². The van der Waals surface area contributed by atoms with Crippen LogP contribution in [0.1, 0.15) is 20.8 Å². The summed E-state index contributed by atoms with van der Waals surface area (Å²) in [6, 6.07) is 14.3. The topological polar surface area (TPSA) is 79.7 Å². The van der Waals surface area contributed by atoms with Gasteiger partial charge in [-0.25, -0.2) is 14.3 Å². The summed E-state index contributed by atoms with van der Waals surface area (Å²) in [5.41, 5.74) is 1.26. The Labute approximate surface area is 182 Å². The zero-order valence-electron chi connectivity index (χ0n) is 16.4.